The lowest BCUT2D eigenvalue weighted by Crippen LogP contribution is -2.38. The van der Waals surface area contributed by atoms with Crippen molar-refractivity contribution in [2.75, 3.05) is 18.5 Å². The van der Waals surface area contributed by atoms with Gasteiger partial charge in [0.1, 0.15) is 19.0 Å². The van der Waals surface area contributed by atoms with Gasteiger partial charge in [-0.3, -0.25) is 0 Å². The number of anilines is 1. The van der Waals surface area contributed by atoms with Crippen molar-refractivity contribution in [3.8, 4) is 23.0 Å². The molecule has 0 aliphatic carbocycles. The first-order chi connectivity index (χ1) is 19.6. The standard InChI is InChI=1S/C32H29N5O3/c1-21-8-6-9-23(18-21)30-27-12-7-15-35(27)31-26(22(2)34-37(31)25-10-4-3-5-11-25)20-36(30)32(38)33-24-13-14-28-29(19-24)40-17-16-39-28/h3-15,18-19,30H,16-17,20H2,1-2H3,(H,33,38)/t30-/m0/s1. The molecule has 0 bridgehead atoms. The van der Waals surface area contributed by atoms with Crippen LogP contribution in [0.3, 0.4) is 0 Å². The Kier molecular flexibility index (Phi) is 5.81. The van der Waals surface area contributed by atoms with Gasteiger partial charge in [0.25, 0.3) is 0 Å². The van der Waals surface area contributed by atoms with E-state index in [4.69, 9.17) is 14.6 Å². The molecule has 0 radical (unpaired) electrons. The summed E-state index contributed by atoms with van der Waals surface area (Å²) in [5, 5.41) is 8.06. The van der Waals surface area contributed by atoms with E-state index >= 15 is 0 Å². The fourth-order valence-corrected chi connectivity index (χ4v) is 5.66. The molecule has 5 aromatic rings. The van der Waals surface area contributed by atoms with Crippen molar-refractivity contribution in [1.82, 2.24) is 19.2 Å². The van der Waals surface area contributed by atoms with Crippen molar-refractivity contribution in [3.05, 3.63) is 119 Å². The minimum atomic E-state index is -0.330. The Morgan fingerprint density at radius 1 is 0.900 bits per heavy atom. The zero-order chi connectivity index (χ0) is 27.2. The van der Waals surface area contributed by atoms with Crippen LogP contribution in [0, 0.1) is 13.8 Å². The number of ether oxygens (including phenoxy) is 2. The molecule has 3 aromatic carbocycles. The summed E-state index contributed by atoms with van der Waals surface area (Å²) in [5.41, 5.74) is 6.64. The number of hydrogen-bond acceptors (Lipinski definition) is 4. The average molecular weight is 532 g/mol. The molecule has 2 aromatic heterocycles. The lowest BCUT2D eigenvalue weighted by atomic mass is 10.00. The quantitative estimate of drug-likeness (QED) is 0.301. The fourth-order valence-electron chi connectivity index (χ4n) is 5.66. The van der Waals surface area contributed by atoms with Crippen molar-refractivity contribution >= 4 is 11.7 Å². The number of nitrogens with zero attached hydrogens (tertiary/aromatic N) is 4. The lowest BCUT2D eigenvalue weighted by Gasteiger charge is -2.31. The molecule has 0 unspecified atom stereocenters. The summed E-state index contributed by atoms with van der Waals surface area (Å²) in [6.45, 7) is 5.46. The monoisotopic (exact) mass is 531 g/mol. The van der Waals surface area contributed by atoms with Gasteiger partial charge in [-0.05, 0) is 55.8 Å². The molecule has 200 valence electrons. The molecular formula is C32H29N5O3. The number of rotatable bonds is 3. The summed E-state index contributed by atoms with van der Waals surface area (Å²) in [5.74, 6) is 2.25. The highest BCUT2D eigenvalue weighted by Gasteiger charge is 2.36. The third-order valence-electron chi connectivity index (χ3n) is 7.50. The van der Waals surface area contributed by atoms with Crippen LogP contribution in [0.4, 0.5) is 10.5 Å². The number of amides is 2. The maximum Gasteiger partial charge on any atom is 0.322 e. The van der Waals surface area contributed by atoms with E-state index in [0.29, 0.717) is 36.9 Å². The third-order valence-corrected chi connectivity index (χ3v) is 7.50. The predicted molar refractivity (Wildman–Crippen MR) is 153 cm³/mol. The number of aryl methyl sites for hydroxylation is 2. The van der Waals surface area contributed by atoms with Gasteiger partial charge in [-0.25, -0.2) is 9.48 Å². The van der Waals surface area contributed by atoms with Crippen LogP contribution < -0.4 is 14.8 Å². The van der Waals surface area contributed by atoms with Gasteiger partial charge in [-0.2, -0.15) is 5.10 Å². The molecule has 0 saturated heterocycles. The summed E-state index contributed by atoms with van der Waals surface area (Å²) in [6.07, 6.45) is 2.06. The van der Waals surface area contributed by atoms with Crippen LogP contribution in [0.5, 0.6) is 11.5 Å². The predicted octanol–water partition coefficient (Wildman–Crippen LogP) is 6.19. The minimum Gasteiger partial charge on any atom is -0.486 e. The van der Waals surface area contributed by atoms with Crippen LogP contribution in [0.2, 0.25) is 0 Å². The van der Waals surface area contributed by atoms with E-state index in [2.05, 4.69) is 47.3 Å². The second-order valence-corrected chi connectivity index (χ2v) is 10.2. The van der Waals surface area contributed by atoms with Crippen molar-refractivity contribution in [2.45, 2.75) is 26.4 Å². The first-order valence-electron chi connectivity index (χ1n) is 13.4. The van der Waals surface area contributed by atoms with Crippen molar-refractivity contribution in [2.24, 2.45) is 0 Å². The molecule has 1 N–H and O–H groups in total. The molecule has 8 heteroatoms. The van der Waals surface area contributed by atoms with Gasteiger partial charge in [0.2, 0.25) is 0 Å². The molecular weight excluding hydrogens is 502 g/mol. The van der Waals surface area contributed by atoms with Crippen LogP contribution in [0.15, 0.2) is 91.1 Å². The van der Waals surface area contributed by atoms with Crippen LogP contribution in [-0.2, 0) is 6.54 Å². The summed E-state index contributed by atoms with van der Waals surface area (Å²) < 4.78 is 15.6. The van der Waals surface area contributed by atoms with Gasteiger partial charge in [-0.1, -0.05) is 48.0 Å². The first kappa shape index (κ1) is 24.1. The van der Waals surface area contributed by atoms with E-state index in [-0.39, 0.29) is 12.1 Å². The Morgan fingerprint density at radius 2 is 1.73 bits per heavy atom. The zero-order valence-electron chi connectivity index (χ0n) is 22.4. The van der Waals surface area contributed by atoms with Crippen molar-refractivity contribution in [3.63, 3.8) is 0 Å². The fraction of sp³-hybridized carbons (Fsp3) is 0.188. The number of nitrogens with one attached hydrogen (secondary N) is 1. The molecule has 0 saturated carbocycles. The summed E-state index contributed by atoms with van der Waals surface area (Å²) in [4.78, 5) is 16.1. The van der Waals surface area contributed by atoms with E-state index in [1.807, 2.05) is 77.2 Å². The number of carbonyl (C=O) groups is 1. The van der Waals surface area contributed by atoms with Crippen LogP contribution in [-0.4, -0.2) is 38.5 Å². The Labute approximate surface area is 232 Å². The van der Waals surface area contributed by atoms with Gasteiger partial charge in [-0.15, -0.1) is 0 Å². The van der Waals surface area contributed by atoms with E-state index in [1.165, 1.54) is 0 Å². The Hall–Kier alpha value is -4.98. The average Bonchev–Trinajstić information content (AvgIpc) is 3.53. The third kappa shape index (κ3) is 4.09. The van der Waals surface area contributed by atoms with Gasteiger partial charge in [0, 0.05) is 23.5 Å². The molecule has 2 aliphatic heterocycles. The topological polar surface area (TPSA) is 73.6 Å². The summed E-state index contributed by atoms with van der Waals surface area (Å²) >= 11 is 0. The summed E-state index contributed by atoms with van der Waals surface area (Å²) in [7, 11) is 0. The maximum atomic E-state index is 14.2. The normalized spacial score (nSPS) is 15.7. The number of aromatic nitrogens is 3. The van der Waals surface area contributed by atoms with Crippen LogP contribution in [0.1, 0.15) is 34.1 Å². The molecule has 8 nitrogen and oxygen atoms in total. The van der Waals surface area contributed by atoms with Gasteiger partial charge in [0.05, 0.1) is 29.7 Å². The highest BCUT2D eigenvalue weighted by atomic mass is 16.6. The van der Waals surface area contributed by atoms with Gasteiger partial charge < -0.3 is 24.3 Å². The highest BCUT2D eigenvalue weighted by molar-refractivity contribution is 5.90. The molecule has 1 atom stereocenters. The highest BCUT2D eigenvalue weighted by Crippen LogP contribution is 2.39. The number of carbonyl (C=O) groups excluding carboxylic acids is 1. The Balaban J connectivity index is 1.36. The number of fused-ring (bicyclic) bond motifs is 4. The van der Waals surface area contributed by atoms with E-state index in [9.17, 15) is 4.79 Å². The molecule has 40 heavy (non-hydrogen) atoms. The van der Waals surface area contributed by atoms with E-state index in [0.717, 1.165) is 39.6 Å². The molecule has 7 rings (SSSR count). The van der Waals surface area contributed by atoms with E-state index in [1.54, 1.807) is 0 Å². The Bertz CT molecular complexity index is 1720. The lowest BCUT2D eigenvalue weighted by molar-refractivity contribution is 0.171. The largest absolute Gasteiger partial charge is 0.486 e. The van der Waals surface area contributed by atoms with Gasteiger partial charge in [0.15, 0.2) is 11.5 Å². The molecule has 2 aliphatic rings. The molecule has 4 heterocycles. The number of para-hydroxylation sites is 1. The number of hydrogen-bond donors (Lipinski definition) is 1. The number of benzene rings is 3. The minimum absolute atomic E-state index is 0.212. The number of urea groups is 1. The van der Waals surface area contributed by atoms with Crippen LogP contribution in [0.25, 0.3) is 11.5 Å². The molecule has 2 amide bonds. The van der Waals surface area contributed by atoms with Gasteiger partial charge >= 0.3 is 6.03 Å². The molecule has 0 fully saturated rings. The second kappa shape index (κ2) is 9.64. The molecule has 0 spiro atoms. The zero-order valence-corrected chi connectivity index (χ0v) is 22.4. The van der Waals surface area contributed by atoms with E-state index < -0.39 is 0 Å². The van der Waals surface area contributed by atoms with Crippen molar-refractivity contribution < 1.29 is 14.3 Å². The first-order valence-corrected chi connectivity index (χ1v) is 13.4. The Morgan fingerprint density at radius 3 is 2.55 bits per heavy atom. The van der Waals surface area contributed by atoms with Crippen LogP contribution >= 0.6 is 0 Å². The SMILES string of the molecule is Cc1cccc([C@H]2c3cccn3-c3c(c(C)nn3-c3ccccc3)CN2C(=O)Nc2ccc3c(c2)OCCO3)c1. The van der Waals surface area contributed by atoms with Crippen molar-refractivity contribution in [1.29, 1.82) is 0 Å². The maximum absolute atomic E-state index is 14.2. The smallest absolute Gasteiger partial charge is 0.322 e. The summed E-state index contributed by atoms with van der Waals surface area (Å²) in [6, 6.07) is 27.5. The second-order valence-electron chi connectivity index (χ2n) is 10.2.